The summed E-state index contributed by atoms with van der Waals surface area (Å²) in [5, 5.41) is 29.1. The van der Waals surface area contributed by atoms with E-state index in [1.54, 1.807) is 14.2 Å². The van der Waals surface area contributed by atoms with Gasteiger partial charge in [-0.3, -0.25) is 0 Å². The highest BCUT2D eigenvalue weighted by Gasteiger charge is 2.52. The van der Waals surface area contributed by atoms with Crippen LogP contribution in [0, 0.1) is 41.5 Å². The minimum absolute atomic E-state index is 0.463. The molecule has 0 amide bonds. The molecule has 0 saturated carbocycles. The maximum atomic E-state index is 12.3. The third-order valence-electron chi connectivity index (χ3n) is 14.2. The fourth-order valence-corrected chi connectivity index (χ4v) is 12.4. The predicted octanol–water partition coefficient (Wildman–Crippen LogP) is 12.4. The number of benzene rings is 6. The monoisotopic (exact) mass is 838 g/mol. The second-order valence-corrected chi connectivity index (χ2v) is 20.1. The van der Waals surface area contributed by atoms with E-state index in [1.807, 2.05) is 23.9 Å². The Hall–Kier alpha value is -4.69. The van der Waals surface area contributed by atoms with E-state index in [4.69, 9.17) is 18.9 Å². The third-order valence-corrected chi connectivity index (χ3v) is 15.9. The molecule has 6 nitrogen and oxygen atoms in total. The number of aliphatic hydroxyl groups is 2. The van der Waals surface area contributed by atoms with Gasteiger partial charge in [-0.25, -0.2) is 0 Å². The first kappa shape index (κ1) is 43.0. The molecule has 2 aliphatic heterocycles. The molecule has 8 rings (SSSR count). The van der Waals surface area contributed by atoms with Crippen LogP contribution in [0.25, 0.3) is 21.5 Å². The van der Waals surface area contributed by atoms with Crippen LogP contribution in [-0.2, 0) is 10.8 Å². The van der Waals surface area contributed by atoms with E-state index >= 15 is 0 Å². The molecule has 0 aromatic heterocycles. The standard InChI is InChI=1S/C54H62O6S/c1-31-23-33(3)47-45(35(31)5)49(55)53(9,59-47)27-51(7,43-17-13-15-37-25-39(57-11)19-21-41(37)43)29-61-30-52(8,44-18-14-16-38-26-40(58-12)20-22-42(38)44)28-54(10)50(56)46-36(6)32(2)24-34(4)48(46)60-54/h13-26,49-50,55-56H,27-30H2,1-12H3. The molecule has 0 spiro atoms. The maximum absolute atomic E-state index is 12.3. The molecule has 0 saturated heterocycles. The molecular weight excluding hydrogens is 777 g/mol. The zero-order valence-electron chi connectivity index (χ0n) is 38.0. The summed E-state index contributed by atoms with van der Waals surface area (Å²) in [5.74, 6) is 4.72. The van der Waals surface area contributed by atoms with Crippen LogP contribution >= 0.6 is 11.8 Å². The van der Waals surface area contributed by atoms with Gasteiger partial charge in [0.1, 0.15) is 46.4 Å². The van der Waals surface area contributed by atoms with Crippen LogP contribution in [0.5, 0.6) is 23.0 Å². The summed E-state index contributed by atoms with van der Waals surface area (Å²) in [4.78, 5) is 0. The lowest BCUT2D eigenvalue weighted by atomic mass is 9.72. The number of fused-ring (bicyclic) bond motifs is 4. The molecule has 6 aromatic carbocycles. The zero-order valence-corrected chi connectivity index (χ0v) is 38.8. The predicted molar refractivity (Wildman–Crippen MR) is 252 cm³/mol. The Bertz CT molecular complexity index is 2510. The van der Waals surface area contributed by atoms with Gasteiger partial charge in [-0.05, 0) is 159 Å². The van der Waals surface area contributed by atoms with Gasteiger partial charge in [0.15, 0.2) is 0 Å². The van der Waals surface area contributed by atoms with Crippen molar-refractivity contribution < 1.29 is 29.2 Å². The minimum atomic E-state index is -0.886. The topological polar surface area (TPSA) is 77.4 Å². The third kappa shape index (κ3) is 7.24. The molecule has 2 N–H and O–H groups in total. The normalized spacial score (nSPS) is 22.6. The second kappa shape index (κ2) is 15.6. The number of thioether (sulfide) groups is 1. The molecule has 61 heavy (non-hydrogen) atoms. The van der Waals surface area contributed by atoms with Crippen molar-refractivity contribution in [1.82, 2.24) is 0 Å². The number of hydrogen-bond acceptors (Lipinski definition) is 7. The Morgan fingerprint density at radius 1 is 0.574 bits per heavy atom. The first-order valence-corrected chi connectivity index (χ1v) is 22.7. The quantitative estimate of drug-likeness (QED) is 0.127. The number of hydrogen-bond donors (Lipinski definition) is 2. The van der Waals surface area contributed by atoms with Gasteiger partial charge in [-0.2, -0.15) is 11.8 Å². The van der Waals surface area contributed by atoms with Crippen LogP contribution in [0.4, 0.5) is 0 Å². The average Bonchev–Trinajstić information content (AvgIpc) is 3.65. The lowest BCUT2D eigenvalue weighted by molar-refractivity contribution is -0.0327. The molecule has 2 aliphatic rings. The molecule has 6 atom stereocenters. The van der Waals surface area contributed by atoms with E-state index in [0.29, 0.717) is 12.8 Å². The largest absolute Gasteiger partial charge is 0.497 e. The van der Waals surface area contributed by atoms with Crippen molar-refractivity contribution in [3.05, 3.63) is 141 Å². The Morgan fingerprint density at radius 2 is 0.967 bits per heavy atom. The van der Waals surface area contributed by atoms with Gasteiger partial charge < -0.3 is 29.2 Å². The van der Waals surface area contributed by atoms with Crippen LogP contribution < -0.4 is 18.9 Å². The maximum Gasteiger partial charge on any atom is 0.137 e. The smallest absolute Gasteiger partial charge is 0.137 e. The number of methoxy groups -OCH3 is 2. The van der Waals surface area contributed by atoms with Crippen molar-refractivity contribution in [3.63, 3.8) is 0 Å². The van der Waals surface area contributed by atoms with Gasteiger partial charge in [-0.15, -0.1) is 0 Å². The Balaban J connectivity index is 1.21. The molecule has 6 unspecified atom stereocenters. The van der Waals surface area contributed by atoms with Gasteiger partial charge in [0, 0.05) is 33.5 Å². The fraction of sp³-hybridized carbons (Fsp3) is 0.407. The first-order chi connectivity index (χ1) is 28.8. The Labute approximate surface area is 366 Å². The molecule has 0 bridgehead atoms. The zero-order chi connectivity index (χ0) is 43.8. The number of rotatable bonds is 12. The number of ether oxygens (including phenoxy) is 4. The summed E-state index contributed by atoms with van der Waals surface area (Å²) in [7, 11) is 3.41. The van der Waals surface area contributed by atoms with Gasteiger partial charge in [0.25, 0.3) is 0 Å². The van der Waals surface area contributed by atoms with Crippen LogP contribution in [-0.4, -0.2) is 47.1 Å². The summed E-state index contributed by atoms with van der Waals surface area (Å²) in [5.41, 5.74) is 8.10. The molecule has 7 heteroatoms. The summed E-state index contributed by atoms with van der Waals surface area (Å²) < 4.78 is 25.2. The van der Waals surface area contributed by atoms with Gasteiger partial charge in [0.2, 0.25) is 0 Å². The SMILES string of the molecule is COc1ccc2c(C(C)(CSCC(C)(CC3(C)Oc4c(C)cc(C)c(C)c4C3O)c3cccc4cc(OC)ccc34)CC3(C)Oc4c(C)cc(C)c(C)c4C3O)cccc2c1. The van der Waals surface area contributed by atoms with Crippen molar-refractivity contribution in [1.29, 1.82) is 0 Å². The lowest BCUT2D eigenvalue weighted by Crippen LogP contribution is -2.45. The van der Waals surface area contributed by atoms with Crippen LogP contribution in [0.15, 0.2) is 84.9 Å². The molecule has 2 heterocycles. The minimum Gasteiger partial charge on any atom is -0.497 e. The summed E-state index contributed by atoms with van der Waals surface area (Å²) in [6.07, 6.45) is -0.444. The summed E-state index contributed by atoms with van der Waals surface area (Å²) in [6, 6.07) is 30.0. The van der Waals surface area contributed by atoms with Crippen molar-refractivity contribution in [2.24, 2.45) is 0 Å². The van der Waals surface area contributed by atoms with Gasteiger partial charge >= 0.3 is 0 Å². The fourth-order valence-electron chi connectivity index (χ4n) is 10.9. The molecule has 0 aliphatic carbocycles. The molecule has 6 aromatic rings. The highest BCUT2D eigenvalue weighted by atomic mass is 32.2. The van der Waals surface area contributed by atoms with Crippen molar-refractivity contribution >= 4 is 33.3 Å². The Morgan fingerprint density at radius 3 is 1.34 bits per heavy atom. The van der Waals surface area contributed by atoms with Gasteiger partial charge in [-0.1, -0.05) is 74.5 Å². The molecule has 320 valence electrons. The van der Waals surface area contributed by atoms with Crippen molar-refractivity contribution in [3.8, 4) is 23.0 Å². The van der Waals surface area contributed by atoms with E-state index in [2.05, 4.69) is 142 Å². The average molecular weight is 839 g/mol. The van der Waals surface area contributed by atoms with E-state index in [-0.39, 0.29) is 0 Å². The summed E-state index contributed by atoms with van der Waals surface area (Å²) in [6.45, 7) is 21.4. The van der Waals surface area contributed by atoms with Crippen LogP contribution in [0.2, 0.25) is 0 Å². The Kier molecular flexibility index (Phi) is 11.0. The molecular formula is C54H62O6S. The van der Waals surface area contributed by atoms with E-state index in [9.17, 15) is 10.2 Å². The highest BCUT2D eigenvalue weighted by molar-refractivity contribution is 7.99. The number of aliphatic hydroxyl groups excluding tert-OH is 2. The van der Waals surface area contributed by atoms with Crippen molar-refractivity contribution in [2.45, 2.75) is 116 Å². The summed E-state index contributed by atoms with van der Waals surface area (Å²) >= 11 is 1.92. The van der Waals surface area contributed by atoms with Crippen molar-refractivity contribution in [2.75, 3.05) is 25.7 Å². The first-order valence-electron chi connectivity index (χ1n) is 21.5. The van der Waals surface area contributed by atoms with E-state index in [0.717, 1.165) is 101 Å². The number of aryl methyl sites for hydroxylation is 4. The highest BCUT2D eigenvalue weighted by Crippen LogP contribution is 2.55. The van der Waals surface area contributed by atoms with E-state index in [1.165, 1.54) is 11.1 Å². The van der Waals surface area contributed by atoms with E-state index < -0.39 is 34.2 Å². The second-order valence-electron chi connectivity index (χ2n) is 19.1. The molecule has 0 fully saturated rings. The van der Waals surface area contributed by atoms with Crippen LogP contribution in [0.1, 0.15) is 108 Å². The molecule has 0 radical (unpaired) electrons. The van der Waals surface area contributed by atoms with Crippen LogP contribution in [0.3, 0.4) is 0 Å². The lowest BCUT2D eigenvalue weighted by Gasteiger charge is -2.42. The van der Waals surface area contributed by atoms with Gasteiger partial charge in [0.05, 0.1) is 14.2 Å².